The highest BCUT2D eigenvalue weighted by Crippen LogP contribution is 2.19. The fraction of sp³-hybridized carbons (Fsp3) is 0.0588. The number of fused-ring (bicyclic) bond motifs is 1. The highest BCUT2D eigenvalue weighted by molar-refractivity contribution is 6.07. The molecule has 3 aromatic heterocycles. The number of carbonyl (C=O) groups excluding carboxylic acids is 1. The van der Waals surface area contributed by atoms with E-state index in [1.807, 2.05) is 0 Å². The van der Waals surface area contributed by atoms with Gasteiger partial charge in [-0.1, -0.05) is 6.07 Å². The van der Waals surface area contributed by atoms with Crippen LogP contribution >= 0.6 is 0 Å². The van der Waals surface area contributed by atoms with E-state index in [0.717, 1.165) is 0 Å². The Labute approximate surface area is 141 Å². The molecule has 0 spiro atoms. The van der Waals surface area contributed by atoms with Crippen LogP contribution in [0.4, 0.5) is 10.2 Å². The van der Waals surface area contributed by atoms with Crippen molar-refractivity contribution < 1.29 is 9.18 Å². The Morgan fingerprint density at radius 1 is 1.24 bits per heavy atom. The second-order valence-corrected chi connectivity index (χ2v) is 5.46. The van der Waals surface area contributed by atoms with Gasteiger partial charge in [-0.15, -0.1) is 0 Å². The van der Waals surface area contributed by atoms with Gasteiger partial charge in [0.25, 0.3) is 5.91 Å². The molecular formula is C17H13FN6O. The quantitative estimate of drug-likeness (QED) is 0.624. The topological polar surface area (TPSA) is 77.1 Å². The second-order valence-electron chi connectivity index (χ2n) is 5.46. The summed E-state index contributed by atoms with van der Waals surface area (Å²) in [6, 6.07) is 9.43. The van der Waals surface area contributed by atoms with Gasteiger partial charge in [0.05, 0.1) is 17.6 Å². The number of nitrogens with one attached hydrogen (secondary N) is 1. The molecule has 0 aliphatic carbocycles. The van der Waals surface area contributed by atoms with Crippen LogP contribution in [0.15, 0.2) is 55.0 Å². The molecule has 0 bridgehead atoms. The molecule has 25 heavy (non-hydrogen) atoms. The summed E-state index contributed by atoms with van der Waals surface area (Å²) in [5.41, 5.74) is 2.00. The summed E-state index contributed by atoms with van der Waals surface area (Å²) in [6.45, 7) is 1.79. The van der Waals surface area contributed by atoms with E-state index in [4.69, 9.17) is 0 Å². The summed E-state index contributed by atoms with van der Waals surface area (Å²) in [6.07, 6.45) is 4.75. The normalized spacial score (nSPS) is 11.0. The maximum Gasteiger partial charge on any atom is 0.262 e. The lowest BCUT2D eigenvalue weighted by Gasteiger charge is -2.08. The number of carbonyl (C=O) groups is 1. The number of aryl methyl sites for hydroxylation is 1. The third-order valence-corrected chi connectivity index (χ3v) is 3.65. The number of hydrogen-bond donors (Lipinski definition) is 1. The van der Waals surface area contributed by atoms with Gasteiger partial charge in [0.1, 0.15) is 17.2 Å². The van der Waals surface area contributed by atoms with Crippen LogP contribution in [-0.2, 0) is 0 Å². The Morgan fingerprint density at radius 3 is 2.96 bits per heavy atom. The summed E-state index contributed by atoms with van der Waals surface area (Å²) < 4.78 is 16.5. The molecule has 0 fully saturated rings. The fourth-order valence-electron chi connectivity index (χ4n) is 2.56. The number of amides is 1. The van der Waals surface area contributed by atoms with Crippen molar-refractivity contribution in [3.63, 3.8) is 0 Å². The van der Waals surface area contributed by atoms with Crippen molar-refractivity contribution in [3.8, 4) is 5.69 Å². The first-order chi connectivity index (χ1) is 12.1. The number of hydrogen-bond acceptors (Lipinski definition) is 4. The van der Waals surface area contributed by atoms with E-state index >= 15 is 0 Å². The van der Waals surface area contributed by atoms with Crippen molar-refractivity contribution in [2.75, 3.05) is 5.32 Å². The zero-order chi connectivity index (χ0) is 17.4. The average Bonchev–Trinajstić information content (AvgIpc) is 3.18. The number of halogens is 1. The summed E-state index contributed by atoms with van der Waals surface area (Å²) in [7, 11) is 0. The highest BCUT2D eigenvalue weighted by atomic mass is 19.1. The molecule has 1 aromatic carbocycles. The highest BCUT2D eigenvalue weighted by Gasteiger charge is 2.17. The Bertz CT molecular complexity index is 1080. The molecular weight excluding hydrogens is 323 g/mol. The van der Waals surface area contributed by atoms with Crippen LogP contribution in [0, 0.1) is 12.7 Å². The molecule has 3 heterocycles. The van der Waals surface area contributed by atoms with E-state index in [0.29, 0.717) is 28.4 Å². The molecule has 8 heteroatoms. The molecule has 0 aliphatic rings. The van der Waals surface area contributed by atoms with Crippen molar-refractivity contribution in [1.82, 2.24) is 24.4 Å². The molecule has 0 aliphatic heterocycles. The Balaban J connectivity index is 1.70. The van der Waals surface area contributed by atoms with Crippen LogP contribution in [0.3, 0.4) is 0 Å². The van der Waals surface area contributed by atoms with Gasteiger partial charge < -0.3 is 5.32 Å². The van der Waals surface area contributed by atoms with E-state index < -0.39 is 0 Å². The molecule has 1 amide bonds. The van der Waals surface area contributed by atoms with E-state index in [1.165, 1.54) is 27.5 Å². The van der Waals surface area contributed by atoms with Gasteiger partial charge in [0.2, 0.25) is 0 Å². The first kappa shape index (κ1) is 15.0. The predicted molar refractivity (Wildman–Crippen MR) is 89.2 cm³/mol. The van der Waals surface area contributed by atoms with Gasteiger partial charge in [0.15, 0.2) is 5.65 Å². The maximum atomic E-state index is 13.5. The molecule has 4 aromatic rings. The first-order valence-electron chi connectivity index (χ1n) is 7.54. The molecule has 0 unspecified atom stereocenters. The van der Waals surface area contributed by atoms with E-state index in [9.17, 15) is 9.18 Å². The third kappa shape index (κ3) is 2.74. The standard InChI is InChI=1S/C17H13FN6O/c1-11-8-15(24(22-11)13-5-2-4-12(18)9-13)21-17(25)14-10-20-23-7-3-6-19-16(14)23/h2-10H,1H3,(H,21,25). The maximum absolute atomic E-state index is 13.5. The van der Waals surface area contributed by atoms with Crippen LogP contribution in [0.2, 0.25) is 0 Å². The Kier molecular flexibility index (Phi) is 3.50. The smallest absolute Gasteiger partial charge is 0.262 e. The number of nitrogens with zero attached hydrogens (tertiary/aromatic N) is 5. The third-order valence-electron chi connectivity index (χ3n) is 3.65. The lowest BCUT2D eigenvalue weighted by atomic mass is 10.3. The number of aromatic nitrogens is 5. The zero-order valence-corrected chi connectivity index (χ0v) is 13.2. The molecule has 0 saturated carbocycles. The molecule has 4 rings (SSSR count). The van der Waals surface area contributed by atoms with E-state index in [2.05, 4.69) is 20.5 Å². The van der Waals surface area contributed by atoms with Crippen molar-refractivity contribution in [3.05, 3.63) is 72.1 Å². The summed E-state index contributed by atoms with van der Waals surface area (Å²) >= 11 is 0. The van der Waals surface area contributed by atoms with Crippen molar-refractivity contribution in [2.24, 2.45) is 0 Å². The first-order valence-corrected chi connectivity index (χ1v) is 7.54. The second kappa shape index (κ2) is 5.82. The minimum atomic E-state index is -0.380. The molecule has 7 nitrogen and oxygen atoms in total. The Morgan fingerprint density at radius 2 is 2.12 bits per heavy atom. The summed E-state index contributed by atoms with van der Waals surface area (Å²) in [5.74, 6) is -0.315. The average molecular weight is 336 g/mol. The van der Waals surface area contributed by atoms with E-state index in [1.54, 1.807) is 43.6 Å². The molecule has 0 atom stereocenters. The minimum Gasteiger partial charge on any atom is -0.306 e. The number of benzene rings is 1. The van der Waals surface area contributed by atoms with Crippen LogP contribution < -0.4 is 5.32 Å². The zero-order valence-electron chi connectivity index (χ0n) is 13.2. The van der Waals surface area contributed by atoms with Crippen LogP contribution in [0.1, 0.15) is 16.1 Å². The fourth-order valence-corrected chi connectivity index (χ4v) is 2.56. The van der Waals surface area contributed by atoms with Crippen molar-refractivity contribution >= 4 is 17.4 Å². The number of anilines is 1. The molecule has 0 saturated heterocycles. The van der Waals surface area contributed by atoms with Gasteiger partial charge in [0, 0.05) is 18.5 Å². The summed E-state index contributed by atoms with van der Waals surface area (Å²) in [4.78, 5) is 16.8. The predicted octanol–water partition coefficient (Wildman–Crippen LogP) is 2.61. The molecule has 0 radical (unpaired) electrons. The lowest BCUT2D eigenvalue weighted by Crippen LogP contribution is -2.15. The largest absolute Gasteiger partial charge is 0.306 e. The van der Waals surface area contributed by atoms with Crippen LogP contribution in [0.25, 0.3) is 11.3 Å². The van der Waals surface area contributed by atoms with Gasteiger partial charge in [-0.05, 0) is 31.2 Å². The number of rotatable bonds is 3. The molecule has 1 N–H and O–H groups in total. The van der Waals surface area contributed by atoms with Crippen LogP contribution in [0.5, 0.6) is 0 Å². The van der Waals surface area contributed by atoms with Crippen molar-refractivity contribution in [2.45, 2.75) is 6.92 Å². The van der Waals surface area contributed by atoms with Gasteiger partial charge in [-0.3, -0.25) is 4.79 Å². The van der Waals surface area contributed by atoms with Crippen LogP contribution in [-0.4, -0.2) is 30.3 Å². The van der Waals surface area contributed by atoms with Gasteiger partial charge in [-0.2, -0.15) is 10.2 Å². The molecule has 124 valence electrons. The Hall–Kier alpha value is -3.55. The van der Waals surface area contributed by atoms with Gasteiger partial charge in [-0.25, -0.2) is 18.6 Å². The van der Waals surface area contributed by atoms with Gasteiger partial charge >= 0.3 is 0 Å². The van der Waals surface area contributed by atoms with Crippen molar-refractivity contribution in [1.29, 1.82) is 0 Å². The van der Waals surface area contributed by atoms with E-state index in [-0.39, 0.29) is 11.7 Å². The summed E-state index contributed by atoms with van der Waals surface area (Å²) in [5, 5.41) is 11.2. The minimum absolute atomic E-state index is 0.338. The monoisotopic (exact) mass is 336 g/mol. The lowest BCUT2D eigenvalue weighted by molar-refractivity contribution is 0.102. The SMILES string of the molecule is Cc1cc(NC(=O)c2cnn3cccnc23)n(-c2cccc(F)c2)n1.